The Morgan fingerprint density at radius 1 is 0.947 bits per heavy atom. The number of amides is 3. The van der Waals surface area contributed by atoms with Gasteiger partial charge in [0.2, 0.25) is 17.7 Å². The average Bonchev–Trinajstić information content (AvgIpc) is 3.36. The number of aromatic nitrogens is 1. The quantitative estimate of drug-likeness (QED) is 0.373. The molecule has 2 aromatic carbocycles. The van der Waals surface area contributed by atoms with Crippen molar-refractivity contribution in [2.24, 2.45) is 5.92 Å². The number of halogens is 2. The van der Waals surface area contributed by atoms with Crippen LogP contribution in [0.15, 0.2) is 62.8 Å². The molecule has 4 heterocycles. The molecule has 2 unspecified atom stereocenters. The highest BCUT2D eigenvalue weighted by molar-refractivity contribution is 9.10. The predicted molar refractivity (Wildman–Crippen MR) is 152 cm³/mol. The van der Waals surface area contributed by atoms with Crippen molar-refractivity contribution in [3.05, 3.63) is 78.1 Å². The van der Waals surface area contributed by atoms with E-state index in [0.29, 0.717) is 33.7 Å². The van der Waals surface area contributed by atoms with Crippen LogP contribution in [0.1, 0.15) is 35.6 Å². The van der Waals surface area contributed by atoms with Gasteiger partial charge in [-0.15, -0.1) is 0 Å². The Bertz CT molecular complexity index is 1480. The first-order valence-corrected chi connectivity index (χ1v) is 15.3. The fourth-order valence-corrected chi connectivity index (χ4v) is 8.67. The van der Waals surface area contributed by atoms with Crippen molar-refractivity contribution in [1.29, 1.82) is 0 Å². The van der Waals surface area contributed by atoms with Gasteiger partial charge in [0.05, 0.1) is 16.6 Å². The number of hydrogen-bond acceptors (Lipinski definition) is 6. The second-order valence-electron chi connectivity index (χ2n) is 9.65. The van der Waals surface area contributed by atoms with Crippen LogP contribution in [0.3, 0.4) is 0 Å². The molecular formula is C27H23BrClN3O4S2. The normalized spacial score (nSPS) is 22.9. The number of carbonyl (C=O) groups is 3. The zero-order valence-electron chi connectivity index (χ0n) is 20.1. The van der Waals surface area contributed by atoms with Gasteiger partial charge in [-0.3, -0.25) is 23.7 Å². The molecule has 3 aliphatic heterocycles. The molecule has 2 fully saturated rings. The first-order chi connectivity index (χ1) is 18.3. The summed E-state index contributed by atoms with van der Waals surface area (Å²) in [5.74, 6) is -1.89. The lowest BCUT2D eigenvalue weighted by Gasteiger charge is -2.31. The minimum atomic E-state index is -0.718. The summed E-state index contributed by atoms with van der Waals surface area (Å²) in [4.78, 5) is 57.5. The molecule has 1 aromatic heterocycles. The maximum absolute atomic E-state index is 13.9. The number of rotatable bonds is 4. The van der Waals surface area contributed by atoms with E-state index in [-0.39, 0.29) is 29.1 Å². The van der Waals surface area contributed by atoms with Crippen LogP contribution < -0.4 is 9.77 Å². The van der Waals surface area contributed by atoms with E-state index in [1.807, 2.05) is 17.0 Å². The smallest absolute Gasteiger partial charge is 0.308 e. The van der Waals surface area contributed by atoms with Gasteiger partial charge in [0.25, 0.3) is 0 Å². The van der Waals surface area contributed by atoms with Crippen LogP contribution in [0.25, 0.3) is 0 Å². The summed E-state index contributed by atoms with van der Waals surface area (Å²) in [7, 11) is 0. The van der Waals surface area contributed by atoms with Crippen molar-refractivity contribution in [2.75, 3.05) is 18.0 Å². The minimum Gasteiger partial charge on any atom is -0.341 e. The summed E-state index contributed by atoms with van der Waals surface area (Å²) in [5.41, 5.74) is 1.31. The molecule has 6 rings (SSSR count). The van der Waals surface area contributed by atoms with Crippen molar-refractivity contribution in [3.63, 3.8) is 0 Å². The second kappa shape index (κ2) is 10.3. The van der Waals surface area contributed by atoms with Crippen molar-refractivity contribution in [1.82, 2.24) is 9.47 Å². The first kappa shape index (κ1) is 25.9. The molecule has 7 nitrogen and oxygen atoms in total. The monoisotopic (exact) mass is 631 g/mol. The summed E-state index contributed by atoms with van der Waals surface area (Å²) < 4.78 is 2.34. The molecule has 3 aromatic rings. The van der Waals surface area contributed by atoms with Crippen molar-refractivity contribution >= 4 is 74.0 Å². The molecule has 0 radical (unpaired) electrons. The van der Waals surface area contributed by atoms with E-state index < -0.39 is 17.1 Å². The summed E-state index contributed by atoms with van der Waals surface area (Å²) in [6.45, 7) is 1.32. The lowest BCUT2D eigenvalue weighted by atomic mass is 9.83. The van der Waals surface area contributed by atoms with E-state index in [0.717, 1.165) is 40.6 Å². The molecule has 0 bridgehead atoms. The number of piperidine rings is 1. The summed E-state index contributed by atoms with van der Waals surface area (Å²) in [5, 5.41) is 0.439. The Balaban J connectivity index is 1.43. The Kier molecular flexibility index (Phi) is 7.00. The number of nitrogens with zero attached hydrogens (tertiary/aromatic N) is 3. The molecule has 11 heteroatoms. The van der Waals surface area contributed by atoms with Gasteiger partial charge in [-0.25, -0.2) is 4.90 Å². The number of carbonyl (C=O) groups excluding carboxylic acids is 3. The Hall–Kier alpha value is -2.40. The summed E-state index contributed by atoms with van der Waals surface area (Å²) in [6.07, 6.45) is 3.02. The topological polar surface area (TPSA) is 79.7 Å². The van der Waals surface area contributed by atoms with E-state index in [1.165, 1.54) is 21.2 Å². The van der Waals surface area contributed by atoms with Gasteiger partial charge in [-0.1, -0.05) is 62.8 Å². The molecule has 3 aliphatic rings. The van der Waals surface area contributed by atoms with Gasteiger partial charge < -0.3 is 4.90 Å². The van der Waals surface area contributed by atoms with Gasteiger partial charge in [0, 0.05) is 33.4 Å². The minimum absolute atomic E-state index is 0.0685. The lowest BCUT2D eigenvalue weighted by molar-refractivity contribution is -0.133. The van der Waals surface area contributed by atoms with Crippen LogP contribution in [-0.2, 0) is 20.9 Å². The fraction of sp³-hybridized carbons (Fsp3) is 0.333. The molecule has 196 valence electrons. The number of fused-ring (bicyclic) bond motifs is 2. The summed E-state index contributed by atoms with van der Waals surface area (Å²) in [6, 6.07) is 14.3. The third-order valence-corrected chi connectivity index (χ3v) is 10.7. The van der Waals surface area contributed by atoms with Crippen LogP contribution in [0.2, 0.25) is 5.02 Å². The lowest BCUT2D eigenvalue weighted by Crippen LogP contribution is -2.39. The van der Waals surface area contributed by atoms with E-state index >= 15 is 0 Å². The average molecular weight is 633 g/mol. The molecule has 0 aliphatic carbocycles. The van der Waals surface area contributed by atoms with E-state index in [1.54, 1.807) is 36.4 Å². The van der Waals surface area contributed by atoms with E-state index in [4.69, 9.17) is 11.6 Å². The van der Waals surface area contributed by atoms with Crippen LogP contribution >= 0.6 is 50.6 Å². The largest absolute Gasteiger partial charge is 0.341 e. The number of hydrogen-bond donors (Lipinski definition) is 0. The van der Waals surface area contributed by atoms with Crippen LogP contribution in [-0.4, -0.2) is 45.5 Å². The molecule has 3 atom stereocenters. The zero-order valence-corrected chi connectivity index (χ0v) is 24.1. The van der Waals surface area contributed by atoms with E-state index in [9.17, 15) is 19.2 Å². The number of thioether (sulfide) groups is 1. The molecule has 38 heavy (non-hydrogen) atoms. The highest BCUT2D eigenvalue weighted by Gasteiger charge is 2.56. The maximum atomic E-state index is 13.9. The highest BCUT2D eigenvalue weighted by atomic mass is 79.9. The Labute approximate surface area is 240 Å². The third kappa shape index (κ3) is 4.45. The van der Waals surface area contributed by atoms with Crippen LogP contribution in [0.4, 0.5) is 5.69 Å². The Morgan fingerprint density at radius 2 is 1.63 bits per heavy atom. The SMILES string of the molecule is O=C(Cn1c2c(sc1=O)[C@@H](c1ccc(Cl)cc1)C1C(=O)N(c3ccc(Br)cc3)C(=O)C1S2)N1CCCCC1. The van der Waals surface area contributed by atoms with Crippen LogP contribution in [0, 0.1) is 5.92 Å². The highest BCUT2D eigenvalue weighted by Crippen LogP contribution is 2.54. The number of thiazole rings is 1. The maximum Gasteiger partial charge on any atom is 0.308 e. The Morgan fingerprint density at radius 3 is 2.32 bits per heavy atom. The van der Waals surface area contributed by atoms with Gasteiger partial charge in [-0.2, -0.15) is 0 Å². The first-order valence-electron chi connectivity index (χ1n) is 12.4. The zero-order chi connectivity index (χ0) is 26.6. The number of benzene rings is 2. The molecule has 0 spiro atoms. The number of anilines is 1. The standard InChI is InChI=1S/C27H23BrClN3O4S2/c28-16-6-10-18(11-7-16)32-24(34)21-20(15-4-8-17(29)9-5-15)23-26(37-22(21)25(32)35)31(27(36)38-23)14-19(33)30-12-2-1-3-13-30/h4-11,20-22H,1-3,12-14H2/t20-,21?,22?/m0/s1. The van der Waals surface area contributed by atoms with Gasteiger partial charge >= 0.3 is 4.87 Å². The van der Waals surface area contributed by atoms with Gasteiger partial charge in [0.1, 0.15) is 11.8 Å². The molecule has 0 saturated carbocycles. The number of imide groups is 1. The van der Waals surface area contributed by atoms with Gasteiger partial charge in [0.15, 0.2) is 0 Å². The van der Waals surface area contributed by atoms with Crippen LogP contribution in [0.5, 0.6) is 0 Å². The van der Waals surface area contributed by atoms with E-state index in [2.05, 4.69) is 15.9 Å². The molecule has 0 N–H and O–H groups in total. The fourth-order valence-electron chi connectivity index (χ4n) is 5.51. The van der Waals surface area contributed by atoms with Crippen molar-refractivity contribution in [2.45, 2.75) is 42.0 Å². The second-order valence-corrected chi connectivity index (χ2v) is 13.1. The van der Waals surface area contributed by atoms with Crippen molar-refractivity contribution in [3.8, 4) is 0 Å². The third-order valence-electron chi connectivity index (χ3n) is 7.37. The van der Waals surface area contributed by atoms with Gasteiger partial charge in [-0.05, 0) is 61.2 Å². The predicted octanol–water partition coefficient (Wildman–Crippen LogP) is 5.13. The molecule has 2 saturated heterocycles. The number of likely N-dealkylation sites (tertiary alicyclic amines) is 1. The molecule has 3 amide bonds. The van der Waals surface area contributed by atoms with Crippen molar-refractivity contribution < 1.29 is 14.4 Å². The summed E-state index contributed by atoms with van der Waals surface area (Å²) >= 11 is 11.9. The molecular weight excluding hydrogens is 610 g/mol.